The van der Waals surface area contributed by atoms with Gasteiger partial charge in [0.25, 0.3) is 0 Å². The molecule has 2 nitrogen and oxygen atoms in total. The van der Waals surface area contributed by atoms with Gasteiger partial charge in [-0.1, -0.05) is 35.9 Å². The number of nitrogens with one attached hydrogen (secondary N) is 1. The molecular weight excluding hydrogens is 323 g/mol. The van der Waals surface area contributed by atoms with Crippen molar-refractivity contribution >= 4 is 33.5 Å². The fourth-order valence-corrected chi connectivity index (χ4v) is 2.48. The number of halogens is 1. The summed E-state index contributed by atoms with van der Waals surface area (Å²) in [5.74, 6) is 0. The number of hydrogen-bond donors (Lipinski definition) is 1. The number of aryl methyl sites for hydroxylation is 1. The Morgan fingerprint density at radius 2 is 1.71 bits per heavy atom. The Bertz CT molecular complexity index is 668. The highest BCUT2D eigenvalue weighted by molar-refractivity contribution is 14.1. The molecule has 17 heavy (non-hydrogen) atoms. The van der Waals surface area contributed by atoms with Gasteiger partial charge in [-0.25, -0.2) is 0 Å². The van der Waals surface area contributed by atoms with E-state index in [4.69, 9.17) is 0 Å². The first-order valence-corrected chi connectivity index (χ1v) is 6.52. The van der Waals surface area contributed by atoms with Crippen molar-refractivity contribution in [3.05, 3.63) is 51.7 Å². The zero-order valence-corrected chi connectivity index (χ0v) is 11.5. The van der Waals surface area contributed by atoms with Crippen molar-refractivity contribution in [2.45, 2.75) is 6.92 Å². The number of rotatable bonds is 1. The standard InChI is InChI=1S/C14H11IN2/c1-9-2-4-10(5-3-9)11-6-7-12-13(8-11)16-17-14(12)15/h2-8H,1H3,(H,16,17). The Hall–Kier alpha value is -1.36. The minimum absolute atomic E-state index is 1.02. The van der Waals surface area contributed by atoms with Crippen LogP contribution in [0.25, 0.3) is 22.0 Å². The van der Waals surface area contributed by atoms with E-state index in [1.54, 1.807) is 0 Å². The third-order valence-electron chi connectivity index (χ3n) is 2.89. The van der Waals surface area contributed by atoms with Crippen LogP contribution >= 0.6 is 22.6 Å². The van der Waals surface area contributed by atoms with Crippen LogP contribution in [0.5, 0.6) is 0 Å². The Morgan fingerprint density at radius 3 is 2.47 bits per heavy atom. The Morgan fingerprint density at radius 1 is 1.00 bits per heavy atom. The van der Waals surface area contributed by atoms with E-state index in [1.165, 1.54) is 22.1 Å². The number of H-pyrrole nitrogens is 1. The fraction of sp³-hybridized carbons (Fsp3) is 0.0714. The van der Waals surface area contributed by atoms with Gasteiger partial charge in [0, 0.05) is 5.39 Å². The maximum Gasteiger partial charge on any atom is 0.104 e. The van der Waals surface area contributed by atoms with Crippen LogP contribution in [0.15, 0.2) is 42.5 Å². The molecule has 1 heterocycles. The van der Waals surface area contributed by atoms with Gasteiger partial charge < -0.3 is 0 Å². The van der Waals surface area contributed by atoms with E-state index in [1.807, 2.05) is 0 Å². The number of aromatic amines is 1. The largest absolute Gasteiger partial charge is 0.271 e. The minimum atomic E-state index is 1.02. The predicted molar refractivity (Wildman–Crippen MR) is 79.0 cm³/mol. The van der Waals surface area contributed by atoms with Crippen LogP contribution in [-0.4, -0.2) is 10.2 Å². The molecule has 0 aliphatic rings. The van der Waals surface area contributed by atoms with Crippen molar-refractivity contribution in [2.75, 3.05) is 0 Å². The minimum Gasteiger partial charge on any atom is -0.271 e. The summed E-state index contributed by atoms with van der Waals surface area (Å²) in [6, 6.07) is 14.9. The predicted octanol–water partition coefficient (Wildman–Crippen LogP) is 4.14. The molecule has 0 atom stereocenters. The van der Waals surface area contributed by atoms with E-state index in [0.717, 1.165) is 9.22 Å². The van der Waals surface area contributed by atoms with Crippen molar-refractivity contribution in [1.82, 2.24) is 10.2 Å². The monoisotopic (exact) mass is 334 g/mol. The molecule has 0 amide bonds. The van der Waals surface area contributed by atoms with E-state index >= 15 is 0 Å². The van der Waals surface area contributed by atoms with Crippen molar-refractivity contribution in [3.63, 3.8) is 0 Å². The lowest BCUT2D eigenvalue weighted by Gasteiger charge is -2.02. The highest BCUT2D eigenvalue weighted by Crippen LogP contribution is 2.25. The molecule has 0 saturated heterocycles. The van der Waals surface area contributed by atoms with E-state index in [9.17, 15) is 0 Å². The third-order valence-corrected chi connectivity index (χ3v) is 3.72. The van der Waals surface area contributed by atoms with Crippen LogP contribution in [0.1, 0.15) is 5.56 Å². The average molecular weight is 334 g/mol. The average Bonchev–Trinajstić information content (AvgIpc) is 2.72. The van der Waals surface area contributed by atoms with Gasteiger partial charge in [0.05, 0.1) is 5.52 Å². The highest BCUT2D eigenvalue weighted by atomic mass is 127. The quantitative estimate of drug-likeness (QED) is 0.666. The summed E-state index contributed by atoms with van der Waals surface area (Å²) in [6.07, 6.45) is 0. The number of fused-ring (bicyclic) bond motifs is 1. The first-order valence-electron chi connectivity index (χ1n) is 5.45. The van der Waals surface area contributed by atoms with Gasteiger partial charge in [0.2, 0.25) is 0 Å². The zero-order valence-electron chi connectivity index (χ0n) is 9.37. The van der Waals surface area contributed by atoms with Gasteiger partial charge in [-0.05, 0) is 52.8 Å². The maximum atomic E-state index is 4.29. The van der Waals surface area contributed by atoms with Gasteiger partial charge >= 0.3 is 0 Å². The highest BCUT2D eigenvalue weighted by Gasteiger charge is 2.04. The van der Waals surface area contributed by atoms with Crippen LogP contribution in [0, 0.1) is 10.6 Å². The second kappa shape index (κ2) is 4.14. The number of nitrogens with zero attached hydrogens (tertiary/aromatic N) is 1. The molecule has 0 unspecified atom stereocenters. The second-order valence-corrected chi connectivity index (χ2v) is 5.21. The zero-order chi connectivity index (χ0) is 11.8. The van der Waals surface area contributed by atoms with Gasteiger partial charge in [0.15, 0.2) is 0 Å². The molecule has 1 N–H and O–H groups in total. The van der Waals surface area contributed by atoms with Crippen molar-refractivity contribution in [1.29, 1.82) is 0 Å². The SMILES string of the molecule is Cc1ccc(-c2ccc3c(I)[nH]nc3c2)cc1. The lowest BCUT2D eigenvalue weighted by molar-refractivity contribution is 1.09. The molecule has 0 radical (unpaired) electrons. The molecular formula is C14H11IN2. The molecule has 3 aromatic rings. The summed E-state index contributed by atoms with van der Waals surface area (Å²) in [6.45, 7) is 2.10. The van der Waals surface area contributed by atoms with E-state index < -0.39 is 0 Å². The van der Waals surface area contributed by atoms with Crippen molar-refractivity contribution in [3.8, 4) is 11.1 Å². The van der Waals surface area contributed by atoms with Gasteiger partial charge in [0.1, 0.15) is 3.70 Å². The summed E-state index contributed by atoms with van der Waals surface area (Å²) in [7, 11) is 0. The Balaban J connectivity index is 2.14. The molecule has 0 saturated carbocycles. The first kappa shape index (κ1) is 10.8. The van der Waals surface area contributed by atoms with Crippen molar-refractivity contribution in [2.24, 2.45) is 0 Å². The summed E-state index contributed by atoms with van der Waals surface area (Å²) in [5.41, 5.74) is 4.74. The molecule has 0 fully saturated rings. The van der Waals surface area contributed by atoms with Crippen LogP contribution in [-0.2, 0) is 0 Å². The third kappa shape index (κ3) is 1.95. The number of benzene rings is 2. The summed E-state index contributed by atoms with van der Waals surface area (Å²) < 4.78 is 1.09. The second-order valence-electron chi connectivity index (χ2n) is 4.14. The lowest BCUT2D eigenvalue weighted by Crippen LogP contribution is -1.79. The van der Waals surface area contributed by atoms with Crippen LogP contribution in [0.2, 0.25) is 0 Å². The molecule has 3 rings (SSSR count). The number of aromatic nitrogens is 2. The Kier molecular flexibility index (Phi) is 2.63. The maximum absolute atomic E-state index is 4.29. The molecule has 2 aromatic carbocycles. The van der Waals surface area contributed by atoms with Gasteiger partial charge in [-0.3, -0.25) is 5.10 Å². The fourth-order valence-electron chi connectivity index (χ4n) is 1.90. The van der Waals surface area contributed by atoms with Crippen molar-refractivity contribution < 1.29 is 0 Å². The van der Waals surface area contributed by atoms with Crippen LogP contribution in [0.4, 0.5) is 0 Å². The topological polar surface area (TPSA) is 28.7 Å². The summed E-state index contributed by atoms with van der Waals surface area (Å²) >= 11 is 2.27. The number of hydrogen-bond acceptors (Lipinski definition) is 1. The molecule has 3 heteroatoms. The normalized spacial score (nSPS) is 10.9. The molecule has 0 bridgehead atoms. The van der Waals surface area contributed by atoms with Gasteiger partial charge in [-0.15, -0.1) is 0 Å². The lowest BCUT2D eigenvalue weighted by atomic mass is 10.0. The van der Waals surface area contributed by atoms with E-state index in [-0.39, 0.29) is 0 Å². The van der Waals surface area contributed by atoms with Gasteiger partial charge in [-0.2, -0.15) is 5.10 Å². The van der Waals surface area contributed by atoms with E-state index in [2.05, 4.69) is 82.2 Å². The molecule has 1 aromatic heterocycles. The smallest absolute Gasteiger partial charge is 0.104 e. The molecule has 0 spiro atoms. The Labute approximate surface area is 113 Å². The van der Waals surface area contributed by atoms with E-state index in [0.29, 0.717) is 0 Å². The first-order chi connectivity index (χ1) is 8.24. The molecule has 84 valence electrons. The van der Waals surface area contributed by atoms with Crippen LogP contribution in [0.3, 0.4) is 0 Å². The summed E-state index contributed by atoms with van der Waals surface area (Å²) in [4.78, 5) is 0. The van der Waals surface area contributed by atoms with Crippen LogP contribution < -0.4 is 0 Å². The molecule has 0 aliphatic heterocycles. The molecule has 0 aliphatic carbocycles. The summed E-state index contributed by atoms with van der Waals surface area (Å²) in [5, 5.41) is 8.47.